The fourth-order valence-electron chi connectivity index (χ4n) is 7.45. The summed E-state index contributed by atoms with van der Waals surface area (Å²) in [6.45, 7) is 13.4. The molecule has 0 aliphatic carbocycles. The Kier molecular flexibility index (Phi) is 8.63. The van der Waals surface area contributed by atoms with E-state index in [1.807, 2.05) is 69.3 Å². The number of aliphatic hydroxyl groups is 1. The van der Waals surface area contributed by atoms with Crippen molar-refractivity contribution in [3.05, 3.63) is 90.5 Å². The van der Waals surface area contributed by atoms with E-state index in [1.165, 1.54) is 4.90 Å². The summed E-state index contributed by atoms with van der Waals surface area (Å²) in [5.41, 5.74) is 1.09. The Bertz CT molecular complexity index is 1410. The zero-order valence-electron chi connectivity index (χ0n) is 25.3. The zero-order chi connectivity index (χ0) is 30.9. The van der Waals surface area contributed by atoms with Gasteiger partial charge in [0.2, 0.25) is 5.91 Å². The Hall–Kier alpha value is -3.75. The number of allylic oxidation sites excluding steroid dienone is 1. The fourth-order valence-corrected chi connectivity index (χ4v) is 7.45. The highest BCUT2D eigenvalue weighted by molar-refractivity contribution is 6.05. The van der Waals surface area contributed by atoms with E-state index in [4.69, 9.17) is 9.47 Å². The first-order valence-electron chi connectivity index (χ1n) is 15.1. The van der Waals surface area contributed by atoms with Crippen LogP contribution >= 0.6 is 0 Å². The number of rotatable bonds is 12. The number of anilines is 1. The number of benzene rings is 2. The van der Waals surface area contributed by atoms with Crippen LogP contribution in [0.1, 0.15) is 55.3 Å². The number of esters is 1. The van der Waals surface area contributed by atoms with Crippen LogP contribution in [0.5, 0.6) is 0 Å². The Balaban J connectivity index is 1.63. The van der Waals surface area contributed by atoms with Crippen LogP contribution < -0.4 is 4.90 Å². The monoisotopic (exact) mass is 586 g/mol. The lowest BCUT2D eigenvalue weighted by Crippen LogP contribution is -2.57. The highest BCUT2D eigenvalue weighted by Gasteiger charge is 2.79. The zero-order valence-corrected chi connectivity index (χ0v) is 25.3. The molecule has 3 fully saturated rings. The summed E-state index contributed by atoms with van der Waals surface area (Å²) in [6, 6.07) is 13.2. The molecule has 3 heterocycles. The molecule has 3 aliphatic heterocycles. The van der Waals surface area contributed by atoms with Crippen LogP contribution in [0.3, 0.4) is 0 Å². The van der Waals surface area contributed by atoms with Crippen LogP contribution in [0.25, 0.3) is 0 Å². The molecule has 2 aromatic rings. The molecule has 3 saturated heterocycles. The molecule has 43 heavy (non-hydrogen) atoms. The number of carbonyl (C=O) groups is 3. The third kappa shape index (κ3) is 5.10. The predicted molar refractivity (Wildman–Crippen MR) is 164 cm³/mol. The molecule has 6 atom stereocenters. The van der Waals surface area contributed by atoms with Crippen LogP contribution in [0.15, 0.2) is 73.8 Å². The molecule has 2 amide bonds. The van der Waals surface area contributed by atoms with E-state index in [2.05, 4.69) is 13.2 Å². The Labute approximate surface area is 254 Å². The van der Waals surface area contributed by atoms with E-state index in [0.29, 0.717) is 36.9 Å². The molecule has 228 valence electrons. The minimum Gasteiger partial charge on any atom is -0.465 e. The number of nitrogens with zero attached hydrogens (tertiary/aromatic N) is 2. The Morgan fingerprint density at radius 2 is 1.91 bits per heavy atom. The van der Waals surface area contributed by atoms with E-state index >= 15 is 0 Å². The molecule has 0 radical (unpaired) electrons. The molecule has 0 aromatic heterocycles. The summed E-state index contributed by atoms with van der Waals surface area (Å²) in [7, 11) is 0. The molecule has 0 saturated carbocycles. The third-order valence-corrected chi connectivity index (χ3v) is 9.43. The molecule has 5 rings (SSSR count). The van der Waals surface area contributed by atoms with Gasteiger partial charge in [0, 0.05) is 12.2 Å². The number of fused-ring (bicyclic) bond motifs is 1. The quantitative estimate of drug-likeness (QED) is 0.218. The van der Waals surface area contributed by atoms with Crippen LogP contribution in [0.4, 0.5) is 5.69 Å². The number of hydrogen-bond acceptors (Lipinski definition) is 6. The van der Waals surface area contributed by atoms with Crippen molar-refractivity contribution in [2.45, 2.75) is 69.7 Å². The second kappa shape index (κ2) is 12.1. The maximum atomic E-state index is 15.0. The topological polar surface area (TPSA) is 96.4 Å². The molecule has 3 aliphatic rings. The molecular weight excluding hydrogens is 544 g/mol. The van der Waals surface area contributed by atoms with Crippen molar-refractivity contribution >= 4 is 23.5 Å². The van der Waals surface area contributed by atoms with Gasteiger partial charge in [0.1, 0.15) is 17.6 Å². The summed E-state index contributed by atoms with van der Waals surface area (Å²) in [4.78, 5) is 46.4. The van der Waals surface area contributed by atoms with E-state index in [0.717, 1.165) is 11.1 Å². The van der Waals surface area contributed by atoms with Gasteiger partial charge in [0.15, 0.2) is 0 Å². The number of ether oxygens (including phenoxy) is 2. The number of carbonyl (C=O) groups excluding carboxylic acids is 3. The number of aliphatic hydroxyl groups excluding tert-OH is 1. The number of hydrogen-bond donors (Lipinski definition) is 1. The highest BCUT2D eigenvalue weighted by atomic mass is 16.6. The van der Waals surface area contributed by atoms with Crippen LogP contribution in [0.2, 0.25) is 0 Å². The van der Waals surface area contributed by atoms with Crippen molar-refractivity contribution in [2.75, 3.05) is 24.7 Å². The normalized spacial score (nSPS) is 28.0. The minimum absolute atomic E-state index is 0.209. The van der Waals surface area contributed by atoms with Crippen molar-refractivity contribution in [3.8, 4) is 0 Å². The van der Waals surface area contributed by atoms with E-state index in [9.17, 15) is 19.5 Å². The van der Waals surface area contributed by atoms with Gasteiger partial charge in [-0.05, 0) is 69.2 Å². The maximum absolute atomic E-state index is 15.0. The van der Waals surface area contributed by atoms with E-state index in [1.54, 1.807) is 17.1 Å². The first-order chi connectivity index (χ1) is 20.6. The average molecular weight is 587 g/mol. The average Bonchev–Trinajstić information content (AvgIpc) is 3.57. The predicted octanol–water partition coefficient (Wildman–Crippen LogP) is 4.83. The summed E-state index contributed by atoms with van der Waals surface area (Å²) in [5, 5.41) is 10.7. The van der Waals surface area contributed by atoms with Crippen molar-refractivity contribution in [2.24, 2.45) is 11.8 Å². The third-order valence-electron chi connectivity index (χ3n) is 9.43. The van der Waals surface area contributed by atoms with Gasteiger partial charge < -0.3 is 24.4 Å². The lowest BCUT2D eigenvalue weighted by Gasteiger charge is -2.40. The van der Waals surface area contributed by atoms with E-state index in [-0.39, 0.29) is 25.0 Å². The van der Waals surface area contributed by atoms with Crippen molar-refractivity contribution in [3.63, 3.8) is 0 Å². The van der Waals surface area contributed by atoms with Gasteiger partial charge in [0.25, 0.3) is 5.91 Å². The summed E-state index contributed by atoms with van der Waals surface area (Å²) in [6.07, 6.45) is 5.69. The van der Waals surface area contributed by atoms with Crippen molar-refractivity contribution in [1.82, 2.24) is 4.90 Å². The SMILES string of the molecule is C=CCCCOC(=O)[C@H]1[C@H]2C(=O)N([C@H](CO)c3ccccc3)C(C(=O)N(CC=C)c3cc(C)ccc3C)C23CC[C@]1(C)O3. The largest absolute Gasteiger partial charge is 0.465 e. The number of aryl methyl sites for hydroxylation is 2. The minimum atomic E-state index is -1.26. The van der Waals surface area contributed by atoms with Gasteiger partial charge in [-0.2, -0.15) is 0 Å². The highest BCUT2D eigenvalue weighted by Crippen LogP contribution is 2.64. The second-order valence-corrected chi connectivity index (χ2v) is 12.2. The Morgan fingerprint density at radius 1 is 1.16 bits per heavy atom. The van der Waals surface area contributed by atoms with Gasteiger partial charge in [-0.25, -0.2) is 0 Å². The molecule has 8 nitrogen and oxygen atoms in total. The number of likely N-dealkylation sites (tertiary alicyclic amines) is 1. The smallest absolute Gasteiger partial charge is 0.312 e. The lowest BCUT2D eigenvalue weighted by atomic mass is 9.66. The standard InChI is InChI=1S/C35H42N2O6/c1-6-8-12-20-42-33(41)29-28-31(39)37(27(22-38)25-13-10-9-11-14-25)30(35(28)18-17-34(29,5)43-35)32(40)36(19-7-2)26-21-23(3)15-16-24(26)4/h6-7,9-11,13-16,21,27-30,38H,1-2,8,12,17-20,22H2,3-5H3/t27-,28+,29-,30?,34+,35?/m1/s1. The van der Waals surface area contributed by atoms with Gasteiger partial charge in [-0.1, -0.05) is 54.6 Å². The summed E-state index contributed by atoms with van der Waals surface area (Å²) in [5.74, 6) is -2.99. The summed E-state index contributed by atoms with van der Waals surface area (Å²) < 4.78 is 12.5. The van der Waals surface area contributed by atoms with Gasteiger partial charge in [-0.3, -0.25) is 14.4 Å². The van der Waals surface area contributed by atoms with Gasteiger partial charge >= 0.3 is 5.97 Å². The van der Waals surface area contributed by atoms with Crippen LogP contribution in [-0.2, 0) is 23.9 Å². The fraction of sp³-hybridized carbons (Fsp3) is 0.457. The first-order valence-corrected chi connectivity index (χ1v) is 15.1. The number of unbranched alkanes of at least 4 members (excludes halogenated alkanes) is 1. The lowest BCUT2D eigenvalue weighted by molar-refractivity contribution is -0.160. The van der Waals surface area contributed by atoms with Crippen LogP contribution in [-0.4, -0.2) is 64.8 Å². The van der Waals surface area contributed by atoms with Crippen molar-refractivity contribution in [1.29, 1.82) is 0 Å². The molecule has 2 bridgehead atoms. The molecule has 8 heteroatoms. The molecule has 2 unspecified atom stereocenters. The molecule has 2 aromatic carbocycles. The Morgan fingerprint density at radius 3 is 2.58 bits per heavy atom. The van der Waals surface area contributed by atoms with Crippen molar-refractivity contribution < 1.29 is 29.0 Å². The number of amides is 2. The van der Waals surface area contributed by atoms with Crippen LogP contribution in [0, 0.1) is 25.7 Å². The second-order valence-electron chi connectivity index (χ2n) is 12.2. The van der Waals surface area contributed by atoms with Gasteiger partial charge in [-0.15, -0.1) is 13.2 Å². The van der Waals surface area contributed by atoms with Gasteiger partial charge in [0.05, 0.1) is 30.8 Å². The first kappa shape index (κ1) is 30.7. The van der Waals surface area contributed by atoms with E-state index < -0.39 is 47.7 Å². The molecule has 1 N–H and O–H groups in total. The molecule has 1 spiro atoms. The maximum Gasteiger partial charge on any atom is 0.312 e. The molecular formula is C35H42N2O6. The summed E-state index contributed by atoms with van der Waals surface area (Å²) >= 11 is 0.